The first kappa shape index (κ1) is 23.0. The monoisotopic (exact) mass is 405 g/mol. The highest BCUT2D eigenvalue weighted by Gasteiger charge is 2.32. The van der Waals surface area contributed by atoms with Gasteiger partial charge in [-0.2, -0.15) is 0 Å². The molecule has 1 aliphatic heterocycles. The summed E-state index contributed by atoms with van der Waals surface area (Å²) in [6.07, 6.45) is 3.90. The molecule has 1 atom stereocenters. The van der Waals surface area contributed by atoms with Gasteiger partial charge < -0.3 is 14.4 Å². The van der Waals surface area contributed by atoms with Gasteiger partial charge >= 0.3 is 12.2 Å². The Balaban J connectivity index is 2.18. The highest BCUT2D eigenvalue weighted by atomic mass is 16.6. The van der Waals surface area contributed by atoms with E-state index < -0.39 is 17.3 Å². The number of amides is 2. The van der Waals surface area contributed by atoms with E-state index in [9.17, 15) is 9.59 Å². The van der Waals surface area contributed by atoms with Crippen molar-refractivity contribution in [2.45, 2.75) is 85.0 Å². The van der Waals surface area contributed by atoms with Gasteiger partial charge in [-0.05, 0) is 79.4 Å². The molecule has 0 radical (unpaired) electrons. The van der Waals surface area contributed by atoms with E-state index in [-0.39, 0.29) is 12.1 Å². The fraction of sp³-hybridized carbons (Fsp3) is 0.682. The lowest BCUT2D eigenvalue weighted by Gasteiger charge is -2.37. The van der Waals surface area contributed by atoms with Crippen molar-refractivity contribution >= 4 is 18.0 Å². The SMILES string of the molecule is CCN(C(=O)OC(C)(C)C)c1ccc(C2CCCCN2C(=O)OC(C)(C)C)cn1. The van der Waals surface area contributed by atoms with Crippen molar-refractivity contribution in [2.24, 2.45) is 0 Å². The van der Waals surface area contributed by atoms with Gasteiger partial charge in [-0.1, -0.05) is 6.07 Å². The second-order valence-corrected chi connectivity index (χ2v) is 9.36. The van der Waals surface area contributed by atoms with Crippen LogP contribution >= 0.6 is 0 Å². The lowest BCUT2D eigenvalue weighted by atomic mass is 9.97. The van der Waals surface area contributed by atoms with Crippen LogP contribution in [0.1, 0.15) is 79.3 Å². The zero-order valence-corrected chi connectivity index (χ0v) is 18.8. The lowest BCUT2D eigenvalue weighted by molar-refractivity contribution is 0.00947. The summed E-state index contributed by atoms with van der Waals surface area (Å²) in [5, 5.41) is 0. The molecule has 7 heteroatoms. The van der Waals surface area contributed by atoms with Crippen molar-refractivity contribution in [1.29, 1.82) is 0 Å². The van der Waals surface area contributed by atoms with E-state index in [0.29, 0.717) is 18.9 Å². The van der Waals surface area contributed by atoms with E-state index in [4.69, 9.17) is 9.47 Å². The minimum atomic E-state index is -0.569. The molecule has 2 amide bonds. The molecule has 1 aromatic heterocycles. The number of anilines is 1. The highest BCUT2D eigenvalue weighted by molar-refractivity contribution is 5.86. The van der Waals surface area contributed by atoms with Gasteiger partial charge in [0.15, 0.2) is 0 Å². The topological polar surface area (TPSA) is 72.0 Å². The van der Waals surface area contributed by atoms with Crippen molar-refractivity contribution in [3.05, 3.63) is 23.9 Å². The Kier molecular flexibility index (Phi) is 7.14. The van der Waals surface area contributed by atoms with Crippen LogP contribution in [0.4, 0.5) is 15.4 Å². The summed E-state index contributed by atoms with van der Waals surface area (Å²) in [6, 6.07) is 3.67. The van der Waals surface area contributed by atoms with Gasteiger partial charge in [0.25, 0.3) is 0 Å². The maximum Gasteiger partial charge on any atom is 0.415 e. The molecule has 2 rings (SSSR count). The van der Waals surface area contributed by atoms with Crippen molar-refractivity contribution in [3.63, 3.8) is 0 Å². The van der Waals surface area contributed by atoms with E-state index in [1.807, 2.05) is 60.6 Å². The third-order valence-corrected chi connectivity index (χ3v) is 4.49. The molecule has 1 aromatic rings. The summed E-state index contributed by atoms with van der Waals surface area (Å²) >= 11 is 0. The van der Waals surface area contributed by atoms with Crippen molar-refractivity contribution in [2.75, 3.05) is 18.0 Å². The van der Waals surface area contributed by atoms with Gasteiger partial charge in [-0.15, -0.1) is 0 Å². The minimum absolute atomic E-state index is 0.0725. The molecule has 162 valence electrons. The number of aromatic nitrogens is 1. The second-order valence-electron chi connectivity index (χ2n) is 9.36. The number of piperidine rings is 1. The first-order valence-corrected chi connectivity index (χ1v) is 10.4. The van der Waals surface area contributed by atoms with E-state index in [1.165, 1.54) is 4.90 Å². The Morgan fingerprint density at radius 2 is 1.76 bits per heavy atom. The summed E-state index contributed by atoms with van der Waals surface area (Å²) in [6.45, 7) is 14.1. The van der Waals surface area contributed by atoms with Crippen molar-refractivity contribution in [1.82, 2.24) is 9.88 Å². The molecule has 0 N–H and O–H groups in total. The standard InChI is InChI=1S/C22H35N3O4/c1-8-24(19(26)28-21(2,3)4)18-13-12-16(15-23-18)17-11-9-10-14-25(17)20(27)29-22(5,6)7/h12-13,15,17H,8-11,14H2,1-7H3. The predicted molar refractivity (Wildman–Crippen MR) is 113 cm³/mol. The van der Waals surface area contributed by atoms with Gasteiger partial charge in [0, 0.05) is 19.3 Å². The Hall–Kier alpha value is -2.31. The Labute approximate surface area is 174 Å². The molecule has 0 saturated carbocycles. The summed E-state index contributed by atoms with van der Waals surface area (Å²) in [4.78, 5) is 32.9. The average molecular weight is 406 g/mol. The zero-order valence-electron chi connectivity index (χ0n) is 18.8. The van der Waals surface area contributed by atoms with Crippen LogP contribution in [-0.4, -0.2) is 46.4 Å². The van der Waals surface area contributed by atoms with Gasteiger partial charge in [0.2, 0.25) is 0 Å². The summed E-state index contributed by atoms with van der Waals surface area (Å²) in [5.74, 6) is 0.533. The maximum atomic E-state index is 12.7. The number of nitrogens with zero attached hydrogens (tertiary/aromatic N) is 3. The Morgan fingerprint density at radius 3 is 2.28 bits per heavy atom. The van der Waals surface area contributed by atoms with Gasteiger partial charge in [0.1, 0.15) is 17.0 Å². The summed E-state index contributed by atoms with van der Waals surface area (Å²) in [7, 11) is 0. The molecule has 29 heavy (non-hydrogen) atoms. The molecule has 0 spiro atoms. The normalized spacial score (nSPS) is 17.6. The van der Waals surface area contributed by atoms with Crippen LogP contribution in [0.15, 0.2) is 18.3 Å². The predicted octanol–water partition coefficient (Wildman–Crippen LogP) is 5.31. The molecule has 2 heterocycles. The first-order chi connectivity index (χ1) is 13.4. The fourth-order valence-corrected chi connectivity index (χ4v) is 3.27. The van der Waals surface area contributed by atoms with Gasteiger partial charge in [-0.25, -0.2) is 14.6 Å². The highest BCUT2D eigenvalue weighted by Crippen LogP contribution is 2.32. The molecule has 0 aliphatic carbocycles. The van der Waals surface area contributed by atoms with Crippen LogP contribution in [0.2, 0.25) is 0 Å². The smallest absolute Gasteiger partial charge is 0.415 e. The number of ether oxygens (including phenoxy) is 2. The summed E-state index contributed by atoms with van der Waals surface area (Å²) in [5.41, 5.74) is -0.156. The average Bonchev–Trinajstić information content (AvgIpc) is 2.60. The molecule has 7 nitrogen and oxygen atoms in total. The molecule has 1 aliphatic rings. The number of carbonyl (C=O) groups is 2. The van der Waals surface area contributed by atoms with Crippen LogP contribution in [0.25, 0.3) is 0 Å². The van der Waals surface area contributed by atoms with E-state index in [2.05, 4.69) is 4.98 Å². The number of likely N-dealkylation sites (tertiary alicyclic amines) is 1. The Bertz CT molecular complexity index is 704. The minimum Gasteiger partial charge on any atom is -0.444 e. The number of hydrogen-bond donors (Lipinski definition) is 0. The Morgan fingerprint density at radius 1 is 1.10 bits per heavy atom. The lowest BCUT2D eigenvalue weighted by Crippen LogP contribution is -2.42. The molecular formula is C22H35N3O4. The third-order valence-electron chi connectivity index (χ3n) is 4.49. The molecule has 0 bridgehead atoms. The zero-order chi connectivity index (χ0) is 21.8. The van der Waals surface area contributed by atoms with Crippen LogP contribution in [0.5, 0.6) is 0 Å². The van der Waals surface area contributed by atoms with Crippen LogP contribution < -0.4 is 4.90 Å². The number of pyridine rings is 1. The molecule has 0 aromatic carbocycles. The van der Waals surface area contributed by atoms with E-state index >= 15 is 0 Å². The number of hydrogen-bond acceptors (Lipinski definition) is 5. The van der Waals surface area contributed by atoms with Gasteiger partial charge in [0.05, 0.1) is 6.04 Å². The fourth-order valence-electron chi connectivity index (χ4n) is 3.27. The third kappa shape index (κ3) is 6.61. The van der Waals surface area contributed by atoms with E-state index in [1.54, 1.807) is 11.1 Å². The maximum absolute atomic E-state index is 12.7. The van der Waals surface area contributed by atoms with Crippen LogP contribution in [0, 0.1) is 0 Å². The van der Waals surface area contributed by atoms with Crippen LogP contribution in [-0.2, 0) is 9.47 Å². The second kappa shape index (κ2) is 9.01. The largest absolute Gasteiger partial charge is 0.444 e. The van der Waals surface area contributed by atoms with Gasteiger partial charge in [-0.3, -0.25) is 4.90 Å². The first-order valence-electron chi connectivity index (χ1n) is 10.4. The summed E-state index contributed by atoms with van der Waals surface area (Å²) < 4.78 is 11.0. The molecule has 1 saturated heterocycles. The number of rotatable bonds is 3. The number of carbonyl (C=O) groups excluding carboxylic acids is 2. The van der Waals surface area contributed by atoms with Crippen molar-refractivity contribution in [3.8, 4) is 0 Å². The molecular weight excluding hydrogens is 370 g/mol. The van der Waals surface area contributed by atoms with E-state index in [0.717, 1.165) is 24.8 Å². The quantitative estimate of drug-likeness (QED) is 0.682. The molecule has 1 fully saturated rings. The molecule has 1 unspecified atom stereocenters. The van der Waals surface area contributed by atoms with Crippen molar-refractivity contribution < 1.29 is 19.1 Å². The van der Waals surface area contributed by atoms with Crippen LogP contribution in [0.3, 0.4) is 0 Å².